The Morgan fingerprint density at radius 2 is 1.81 bits per heavy atom. The largest absolute Gasteiger partial charge is 0.490 e. The molecule has 2 aromatic rings. The van der Waals surface area contributed by atoms with Gasteiger partial charge in [0.05, 0.1) is 30.6 Å². The van der Waals surface area contributed by atoms with Crippen LogP contribution < -0.4 is 14.8 Å². The summed E-state index contributed by atoms with van der Waals surface area (Å²) in [7, 11) is 0. The molecule has 1 N–H and O–H groups in total. The van der Waals surface area contributed by atoms with Crippen LogP contribution in [0, 0.1) is 15.9 Å². The van der Waals surface area contributed by atoms with E-state index in [0.717, 1.165) is 0 Å². The van der Waals surface area contributed by atoms with Crippen molar-refractivity contribution in [1.82, 2.24) is 0 Å². The molecule has 0 unspecified atom stereocenters. The van der Waals surface area contributed by atoms with E-state index >= 15 is 0 Å². The predicted molar refractivity (Wildman–Crippen MR) is 94.2 cm³/mol. The number of halogens is 1. The van der Waals surface area contributed by atoms with Gasteiger partial charge in [0, 0.05) is 6.07 Å². The average Bonchev–Trinajstić information content (AvgIpc) is 2.57. The number of anilines is 1. The van der Waals surface area contributed by atoms with E-state index in [0.29, 0.717) is 24.5 Å². The van der Waals surface area contributed by atoms with Crippen LogP contribution in [0.5, 0.6) is 11.5 Å². The number of hydrogen-bond acceptors (Lipinski definition) is 5. The van der Waals surface area contributed by atoms with Gasteiger partial charge >= 0.3 is 0 Å². The van der Waals surface area contributed by atoms with Gasteiger partial charge < -0.3 is 14.8 Å². The highest BCUT2D eigenvalue weighted by Gasteiger charge is 2.21. The predicted octanol–water partition coefficient (Wildman–Crippen LogP) is 3.71. The van der Waals surface area contributed by atoms with Gasteiger partial charge in [-0.25, -0.2) is 4.39 Å². The van der Waals surface area contributed by atoms with Gasteiger partial charge in [-0.1, -0.05) is 12.1 Å². The van der Waals surface area contributed by atoms with Crippen molar-refractivity contribution in [3.05, 3.63) is 57.9 Å². The molecule has 0 atom stereocenters. The van der Waals surface area contributed by atoms with Crippen molar-refractivity contribution in [2.75, 3.05) is 18.5 Å². The average molecular weight is 362 g/mol. The quantitative estimate of drug-likeness (QED) is 0.571. The molecule has 0 aliphatic rings. The SMILES string of the molecule is CCOc1cc(NC(=O)Cc2cccc(F)c2)c([N+](=O)[O-])cc1OCC. The maximum Gasteiger partial charge on any atom is 0.296 e. The number of amides is 1. The van der Waals surface area contributed by atoms with Gasteiger partial charge in [-0.05, 0) is 31.5 Å². The molecule has 0 heterocycles. The van der Waals surface area contributed by atoms with Gasteiger partial charge in [-0.15, -0.1) is 0 Å². The zero-order chi connectivity index (χ0) is 19.1. The number of nitrogens with zero attached hydrogens (tertiary/aromatic N) is 1. The van der Waals surface area contributed by atoms with Crippen LogP contribution in [0.25, 0.3) is 0 Å². The summed E-state index contributed by atoms with van der Waals surface area (Å²) in [5.41, 5.74) is 0.133. The van der Waals surface area contributed by atoms with Crippen molar-refractivity contribution in [3.63, 3.8) is 0 Å². The third-order valence-electron chi connectivity index (χ3n) is 3.39. The molecule has 0 bridgehead atoms. The summed E-state index contributed by atoms with van der Waals surface area (Å²) in [6.45, 7) is 4.15. The number of nitro groups is 1. The minimum absolute atomic E-state index is 0.0108. The highest BCUT2D eigenvalue weighted by Crippen LogP contribution is 2.38. The fourth-order valence-electron chi connectivity index (χ4n) is 2.36. The van der Waals surface area contributed by atoms with Gasteiger partial charge in [-0.3, -0.25) is 14.9 Å². The molecule has 0 spiro atoms. The molecular formula is C18H19FN2O5. The van der Waals surface area contributed by atoms with Crippen LogP contribution in [0.1, 0.15) is 19.4 Å². The maximum atomic E-state index is 13.2. The zero-order valence-electron chi connectivity index (χ0n) is 14.5. The molecule has 8 heteroatoms. The Balaban J connectivity index is 2.29. The number of nitro benzene ring substituents is 1. The minimum atomic E-state index is -0.615. The lowest BCUT2D eigenvalue weighted by Gasteiger charge is -2.13. The van der Waals surface area contributed by atoms with Crippen molar-refractivity contribution in [2.24, 2.45) is 0 Å². The highest BCUT2D eigenvalue weighted by molar-refractivity contribution is 5.95. The monoisotopic (exact) mass is 362 g/mol. The molecule has 2 rings (SSSR count). The lowest BCUT2D eigenvalue weighted by molar-refractivity contribution is -0.384. The highest BCUT2D eigenvalue weighted by atomic mass is 19.1. The summed E-state index contributed by atoms with van der Waals surface area (Å²) in [5, 5.41) is 13.8. The number of nitrogens with one attached hydrogen (secondary N) is 1. The Morgan fingerprint density at radius 3 is 2.38 bits per heavy atom. The second-order valence-corrected chi connectivity index (χ2v) is 5.29. The van der Waals surface area contributed by atoms with Crippen LogP contribution in [0.2, 0.25) is 0 Å². The number of rotatable bonds is 8. The number of carbonyl (C=O) groups excluding carboxylic acids is 1. The summed E-state index contributed by atoms with van der Waals surface area (Å²) in [4.78, 5) is 22.9. The van der Waals surface area contributed by atoms with Crippen molar-refractivity contribution < 1.29 is 23.6 Å². The Morgan fingerprint density at radius 1 is 1.15 bits per heavy atom. The van der Waals surface area contributed by atoms with Crippen molar-refractivity contribution >= 4 is 17.3 Å². The van der Waals surface area contributed by atoms with Crippen LogP contribution in [-0.2, 0) is 11.2 Å². The molecule has 138 valence electrons. The van der Waals surface area contributed by atoms with Crippen LogP contribution in [0.4, 0.5) is 15.8 Å². The van der Waals surface area contributed by atoms with E-state index in [1.165, 1.54) is 30.3 Å². The minimum Gasteiger partial charge on any atom is -0.490 e. The van der Waals surface area contributed by atoms with E-state index in [-0.39, 0.29) is 23.5 Å². The molecule has 0 radical (unpaired) electrons. The second-order valence-electron chi connectivity index (χ2n) is 5.29. The molecule has 0 fully saturated rings. The second kappa shape index (κ2) is 8.80. The Kier molecular flexibility index (Phi) is 6.48. The summed E-state index contributed by atoms with van der Waals surface area (Å²) in [6, 6.07) is 8.17. The Labute approximate surface area is 149 Å². The van der Waals surface area contributed by atoms with Gasteiger partial charge in [0.1, 0.15) is 11.5 Å². The van der Waals surface area contributed by atoms with Crippen molar-refractivity contribution in [1.29, 1.82) is 0 Å². The number of benzene rings is 2. The first kappa shape index (κ1) is 19.2. The van der Waals surface area contributed by atoms with E-state index in [1.807, 2.05) is 0 Å². The maximum absolute atomic E-state index is 13.2. The van der Waals surface area contributed by atoms with Crippen LogP contribution in [0.3, 0.4) is 0 Å². The van der Waals surface area contributed by atoms with Crippen LogP contribution >= 0.6 is 0 Å². The lowest BCUT2D eigenvalue weighted by atomic mass is 10.1. The van der Waals surface area contributed by atoms with E-state index < -0.39 is 16.6 Å². The normalized spacial score (nSPS) is 10.3. The molecule has 0 saturated carbocycles. The molecular weight excluding hydrogens is 343 g/mol. The summed E-state index contributed by atoms with van der Waals surface area (Å²) >= 11 is 0. The van der Waals surface area contributed by atoms with E-state index in [4.69, 9.17) is 9.47 Å². The summed E-state index contributed by atoms with van der Waals surface area (Å²) < 4.78 is 24.0. The van der Waals surface area contributed by atoms with Gasteiger partial charge in [0.15, 0.2) is 11.5 Å². The molecule has 0 aromatic heterocycles. The van der Waals surface area contributed by atoms with Gasteiger partial charge in [0.25, 0.3) is 5.69 Å². The van der Waals surface area contributed by atoms with E-state index in [2.05, 4.69) is 5.32 Å². The Hall–Kier alpha value is -3.16. The molecule has 0 saturated heterocycles. The smallest absolute Gasteiger partial charge is 0.296 e. The molecule has 26 heavy (non-hydrogen) atoms. The fraction of sp³-hybridized carbons (Fsp3) is 0.278. The Bertz CT molecular complexity index is 810. The number of ether oxygens (including phenoxy) is 2. The van der Waals surface area contributed by atoms with Gasteiger partial charge in [-0.2, -0.15) is 0 Å². The molecule has 2 aromatic carbocycles. The van der Waals surface area contributed by atoms with Gasteiger partial charge in [0.2, 0.25) is 5.91 Å². The molecule has 0 aliphatic carbocycles. The third kappa shape index (κ3) is 4.92. The van der Waals surface area contributed by atoms with E-state index in [9.17, 15) is 19.3 Å². The third-order valence-corrected chi connectivity index (χ3v) is 3.39. The standard InChI is InChI=1S/C18H19FN2O5/c1-3-25-16-10-14(15(21(23)24)11-17(16)26-4-2)20-18(22)9-12-6-5-7-13(19)8-12/h5-8,10-11H,3-4,9H2,1-2H3,(H,20,22). The number of carbonyl (C=O) groups is 1. The zero-order valence-corrected chi connectivity index (χ0v) is 14.5. The van der Waals surface area contributed by atoms with Crippen LogP contribution in [0.15, 0.2) is 36.4 Å². The number of hydrogen-bond donors (Lipinski definition) is 1. The first-order valence-corrected chi connectivity index (χ1v) is 8.06. The van der Waals surface area contributed by atoms with Crippen molar-refractivity contribution in [3.8, 4) is 11.5 Å². The van der Waals surface area contributed by atoms with Crippen LogP contribution in [-0.4, -0.2) is 24.0 Å². The fourth-order valence-corrected chi connectivity index (χ4v) is 2.36. The summed E-state index contributed by atoms with van der Waals surface area (Å²) in [5.74, 6) is -0.448. The first-order chi connectivity index (χ1) is 12.4. The topological polar surface area (TPSA) is 90.7 Å². The van der Waals surface area contributed by atoms with Crippen molar-refractivity contribution in [2.45, 2.75) is 20.3 Å². The molecule has 0 aliphatic heterocycles. The summed E-state index contributed by atoms with van der Waals surface area (Å²) in [6.07, 6.45) is -0.119. The first-order valence-electron chi connectivity index (χ1n) is 8.06. The van der Waals surface area contributed by atoms with E-state index in [1.54, 1.807) is 19.9 Å². The lowest BCUT2D eigenvalue weighted by Crippen LogP contribution is -2.16. The molecule has 7 nitrogen and oxygen atoms in total. The molecule has 1 amide bonds.